The molecule has 4 aromatic rings. The number of ether oxygens (including phenoxy) is 1. The summed E-state index contributed by atoms with van der Waals surface area (Å²) >= 11 is 0. The highest BCUT2D eigenvalue weighted by atomic mass is 16.5. The van der Waals surface area contributed by atoms with Gasteiger partial charge in [-0.1, -0.05) is 0 Å². The number of aromatic nitrogens is 4. The molecule has 3 aromatic heterocycles. The molecular weight excluding hydrogens is 434 g/mol. The van der Waals surface area contributed by atoms with Gasteiger partial charge in [-0.15, -0.1) is 0 Å². The van der Waals surface area contributed by atoms with Gasteiger partial charge in [0.25, 0.3) is 5.91 Å². The molecule has 9 nitrogen and oxygen atoms in total. The zero-order valence-corrected chi connectivity index (χ0v) is 19.0. The Kier molecular flexibility index (Phi) is 5.83. The molecule has 0 bridgehead atoms. The number of methoxy groups -OCH3 is 1. The zero-order chi connectivity index (χ0) is 23.7. The lowest BCUT2D eigenvalue weighted by molar-refractivity contribution is -0.112. The van der Waals surface area contributed by atoms with Crippen LogP contribution < -0.4 is 10.1 Å². The van der Waals surface area contributed by atoms with Crippen LogP contribution in [0.3, 0.4) is 0 Å². The number of carbonyl (C=O) groups excluding carboxylic acids is 2. The fourth-order valence-corrected chi connectivity index (χ4v) is 4.40. The molecule has 3 heterocycles. The second kappa shape index (κ2) is 9.09. The number of anilines is 1. The molecule has 0 saturated heterocycles. The first-order valence-corrected chi connectivity index (χ1v) is 11.3. The van der Waals surface area contributed by atoms with Crippen LogP contribution in [0.1, 0.15) is 47.9 Å². The Labute approximate surface area is 196 Å². The van der Waals surface area contributed by atoms with Crippen LogP contribution in [0, 0.1) is 12.8 Å². The van der Waals surface area contributed by atoms with Gasteiger partial charge in [0.1, 0.15) is 18.3 Å². The van der Waals surface area contributed by atoms with Crippen molar-refractivity contribution in [3.8, 4) is 17.2 Å². The Morgan fingerprint density at radius 2 is 2.06 bits per heavy atom. The molecule has 1 fully saturated rings. The monoisotopic (exact) mass is 459 g/mol. The average molecular weight is 460 g/mol. The zero-order valence-electron chi connectivity index (χ0n) is 19.0. The van der Waals surface area contributed by atoms with Crippen molar-refractivity contribution in [1.82, 2.24) is 19.7 Å². The van der Waals surface area contributed by atoms with Gasteiger partial charge < -0.3 is 19.3 Å². The predicted molar refractivity (Wildman–Crippen MR) is 126 cm³/mol. The van der Waals surface area contributed by atoms with E-state index < -0.39 is 5.91 Å². The predicted octanol–water partition coefficient (Wildman–Crippen LogP) is 4.59. The van der Waals surface area contributed by atoms with Crippen molar-refractivity contribution in [2.45, 2.75) is 38.6 Å². The van der Waals surface area contributed by atoms with Crippen molar-refractivity contribution < 1.29 is 18.7 Å². The molecule has 1 amide bonds. The lowest BCUT2D eigenvalue weighted by Gasteiger charge is -2.25. The number of hydrogen-bond donors (Lipinski definition) is 1. The number of rotatable bonds is 6. The topological polar surface area (TPSA) is 112 Å². The van der Waals surface area contributed by atoms with Crippen LogP contribution >= 0.6 is 0 Å². The first kappa shape index (κ1) is 21.8. The first-order valence-electron chi connectivity index (χ1n) is 11.3. The van der Waals surface area contributed by atoms with Gasteiger partial charge in [0.05, 0.1) is 24.4 Å². The average Bonchev–Trinajstić information content (AvgIpc) is 3.51. The lowest BCUT2D eigenvalue weighted by atomic mass is 9.87. The molecule has 0 atom stereocenters. The number of fused-ring (bicyclic) bond motifs is 1. The molecule has 1 N–H and O–H groups in total. The van der Waals surface area contributed by atoms with Crippen LogP contribution in [-0.4, -0.2) is 39.1 Å². The van der Waals surface area contributed by atoms with E-state index in [1.165, 1.54) is 6.26 Å². The van der Waals surface area contributed by atoms with E-state index in [0.717, 1.165) is 54.1 Å². The van der Waals surface area contributed by atoms with E-state index >= 15 is 0 Å². The van der Waals surface area contributed by atoms with Crippen LogP contribution in [0.15, 0.2) is 47.3 Å². The molecule has 34 heavy (non-hydrogen) atoms. The van der Waals surface area contributed by atoms with Gasteiger partial charge in [-0.2, -0.15) is 5.10 Å². The summed E-state index contributed by atoms with van der Waals surface area (Å²) in [5.74, 6) is 0.605. The van der Waals surface area contributed by atoms with Crippen molar-refractivity contribution in [3.63, 3.8) is 0 Å². The maximum absolute atomic E-state index is 12.9. The van der Waals surface area contributed by atoms with E-state index in [2.05, 4.69) is 15.3 Å². The second-order valence-electron chi connectivity index (χ2n) is 8.60. The van der Waals surface area contributed by atoms with Crippen LogP contribution in [0.25, 0.3) is 22.4 Å². The summed E-state index contributed by atoms with van der Waals surface area (Å²) in [6.45, 7) is 1.88. The van der Waals surface area contributed by atoms with Gasteiger partial charge >= 0.3 is 0 Å². The molecule has 0 unspecified atom stereocenters. The first-order chi connectivity index (χ1) is 16.5. The second-order valence-corrected chi connectivity index (χ2v) is 8.60. The lowest BCUT2D eigenvalue weighted by Crippen LogP contribution is -2.19. The fraction of sp³-hybridized carbons (Fsp3) is 0.320. The number of oxazole rings is 1. The summed E-state index contributed by atoms with van der Waals surface area (Å²) < 4.78 is 13.0. The van der Waals surface area contributed by atoms with Crippen molar-refractivity contribution in [1.29, 1.82) is 0 Å². The molecule has 1 saturated carbocycles. The maximum atomic E-state index is 12.9. The van der Waals surface area contributed by atoms with Crippen LogP contribution in [0.5, 0.6) is 5.75 Å². The van der Waals surface area contributed by atoms with Crippen LogP contribution in [-0.2, 0) is 4.79 Å². The van der Waals surface area contributed by atoms with Gasteiger partial charge in [-0.25, -0.2) is 4.98 Å². The third-order valence-corrected chi connectivity index (χ3v) is 6.28. The molecule has 1 aromatic carbocycles. The molecule has 0 aliphatic heterocycles. The number of aldehydes is 1. The minimum Gasteiger partial charge on any atom is -0.494 e. The summed E-state index contributed by atoms with van der Waals surface area (Å²) in [4.78, 5) is 32.4. The Balaban J connectivity index is 1.37. The van der Waals surface area contributed by atoms with E-state index in [4.69, 9.17) is 14.3 Å². The number of amides is 1. The van der Waals surface area contributed by atoms with E-state index in [-0.39, 0.29) is 17.7 Å². The highest BCUT2D eigenvalue weighted by Gasteiger charge is 2.23. The highest BCUT2D eigenvalue weighted by Crippen LogP contribution is 2.34. The summed E-state index contributed by atoms with van der Waals surface area (Å²) in [5.41, 5.74) is 3.05. The van der Waals surface area contributed by atoms with Gasteiger partial charge in [0, 0.05) is 41.0 Å². The van der Waals surface area contributed by atoms with E-state index in [1.807, 2.05) is 36.0 Å². The van der Waals surface area contributed by atoms with E-state index in [0.29, 0.717) is 17.3 Å². The molecule has 174 valence electrons. The number of benzene rings is 1. The highest BCUT2D eigenvalue weighted by molar-refractivity contribution is 6.05. The van der Waals surface area contributed by atoms with Gasteiger partial charge in [-0.3, -0.25) is 14.5 Å². The smallest absolute Gasteiger partial charge is 0.277 e. The molecular formula is C25H25N5O4. The van der Waals surface area contributed by atoms with E-state index in [9.17, 15) is 9.59 Å². The van der Waals surface area contributed by atoms with Crippen LogP contribution in [0.2, 0.25) is 0 Å². The third kappa shape index (κ3) is 4.28. The Hall–Kier alpha value is -4.01. The van der Waals surface area contributed by atoms with Crippen molar-refractivity contribution in [2.75, 3.05) is 12.4 Å². The summed E-state index contributed by atoms with van der Waals surface area (Å²) in [7, 11) is 1.55. The summed E-state index contributed by atoms with van der Waals surface area (Å²) in [6, 6.07) is 7.54. The number of nitrogens with one attached hydrogen (secondary N) is 1. The van der Waals surface area contributed by atoms with Crippen LogP contribution in [0.4, 0.5) is 5.69 Å². The van der Waals surface area contributed by atoms with Crippen molar-refractivity contribution in [2.24, 2.45) is 5.92 Å². The Morgan fingerprint density at radius 3 is 2.79 bits per heavy atom. The van der Waals surface area contributed by atoms with Gasteiger partial charge in [0.15, 0.2) is 5.69 Å². The van der Waals surface area contributed by atoms with Crippen molar-refractivity contribution in [3.05, 3.63) is 54.3 Å². The molecule has 0 radical (unpaired) electrons. The number of carbonyl (C=O) groups is 2. The van der Waals surface area contributed by atoms with Crippen molar-refractivity contribution >= 4 is 28.8 Å². The number of hydrogen-bond acceptors (Lipinski definition) is 7. The third-order valence-electron chi connectivity index (χ3n) is 6.28. The minimum atomic E-state index is -0.405. The number of pyridine rings is 1. The fourth-order valence-electron chi connectivity index (χ4n) is 4.40. The SMILES string of the molecule is COc1cc2nn(C3CCC(C=O)CC3)cc2cc1NC(=O)c1coc(-c2ccnc(C)c2)n1. The maximum Gasteiger partial charge on any atom is 0.277 e. The number of nitrogens with zero attached hydrogens (tertiary/aromatic N) is 4. The quantitative estimate of drug-likeness (QED) is 0.420. The summed E-state index contributed by atoms with van der Waals surface area (Å²) in [6.07, 6.45) is 9.65. The van der Waals surface area contributed by atoms with E-state index in [1.54, 1.807) is 19.4 Å². The number of aryl methyl sites for hydroxylation is 1. The summed E-state index contributed by atoms with van der Waals surface area (Å²) in [5, 5.41) is 8.49. The minimum absolute atomic E-state index is 0.155. The van der Waals surface area contributed by atoms with Gasteiger partial charge in [-0.05, 0) is 50.8 Å². The molecule has 1 aliphatic rings. The largest absolute Gasteiger partial charge is 0.494 e. The van der Waals surface area contributed by atoms with Gasteiger partial charge in [0.2, 0.25) is 5.89 Å². The Bertz CT molecular complexity index is 1350. The molecule has 0 spiro atoms. The molecule has 5 rings (SSSR count). The Morgan fingerprint density at radius 1 is 1.24 bits per heavy atom. The molecule has 9 heteroatoms. The standard InChI is InChI=1S/C25H25N5O4/c1-15-9-17(7-8-26-15)25-28-22(14-34-25)24(32)27-21-10-18-12-30(29-20(18)11-23(21)33-2)19-5-3-16(13-31)4-6-19/h7-14,16,19H,3-6H2,1-2H3,(H,27,32). The molecule has 1 aliphatic carbocycles. The normalized spacial score (nSPS) is 18.1.